The van der Waals surface area contributed by atoms with E-state index in [1.165, 1.54) is 11.0 Å². The fourth-order valence-electron chi connectivity index (χ4n) is 2.68. The lowest BCUT2D eigenvalue weighted by Gasteiger charge is -2.38. The van der Waals surface area contributed by atoms with Gasteiger partial charge in [0.1, 0.15) is 17.1 Å². The van der Waals surface area contributed by atoms with Gasteiger partial charge < -0.3 is 26.2 Å². The van der Waals surface area contributed by atoms with E-state index >= 15 is 0 Å². The third-order valence-corrected chi connectivity index (χ3v) is 4.61. The van der Waals surface area contributed by atoms with Crippen molar-refractivity contribution in [2.75, 3.05) is 13.1 Å². The van der Waals surface area contributed by atoms with E-state index < -0.39 is 23.4 Å². The Morgan fingerprint density at radius 2 is 1.93 bits per heavy atom. The van der Waals surface area contributed by atoms with Crippen LogP contribution in [0.15, 0.2) is 41.5 Å². The molecule has 0 atom stereocenters. The molecule has 5 N–H and O–H groups in total. The molecule has 0 radical (unpaired) electrons. The van der Waals surface area contributed by atoms with Gasteiger partial charge in [-0.3, -0.25) is 4.90 Å². The highest BCUT2D eigenvalue weighted by molar-refractivity contribution is 6.33. The maximum Gasteiger partial charge on any atom is 0.416 e. The minimum Gasteiger partial charge on any atom is -0.477 e. The molecule has 1 heterocycles. The number of allylic oxidation sites excluding steroid dienone is 1. The molecule has 1 aliphatic heterocycles. The molecule has 0 spiro atoms. The van der Waals surface area contributed by atoms with Gasteiger partial charge in [-0.25, -0.2) is 9.59 Å². The fourth-order valence-corrected chi connectivity index (χ4v) is 3.05. The minimum atomic E-state index is -1.31. The van der Waals surface area contributed by atoms with E-state index in [-0.39, 0.29) is 18.1 Å². The predicted molar refractivity (Wildman–Crippen MR) is 111 cm³/mol. The quantitative estimate of drug-likeness (QED) is 0.612. The van der Waals surface area contributed by atoms with E-state index in [1.807, 2.05) is 0 Å². The molecule has 0 bridgehead atoms. The number of hydrogen-bond acceptors (Lipinski definition) is 6. The summed E-state index contributed by atoms with van der Waals surface area (Å²) in [6.07, 6.45) is 0.586. The van der Waals surface area contributed by atoms with Gasteiger partial charge in [0.2, 0.25) is 0 Å². The first kappa shape index (κ1) is 22.7. The number of carbonyl (C=O) groups is 2. The number of carbonyl (C=O) groups excluding carboxylic acids is 1. The van der Waals surface area contributed by atoms with Crippen LogP contribution in [-0.2, 0) is 16.1 Å². The van der Waals surface area contributed by atoms with Crippen molar-refractivity contribution in [1.29, 1.82) is 0 Å². The van der Waals surface area contributed by atoms with Crippen molar-refractivity contribution in [2.24, 2.45) is 11.5 Å². The smallest absolute Gasteiger partial charge is 0.416 e. The standard InChI is InChI=1S/C19H24Cl2N4O4/c1-19(2,3)29-18(28)25-7-6-24(10-11-8-12(20)4-5-13(11)21)15(16(25)23)9-14(22)17(26)27/h4-5,8-9H,6-7,10,22-23H2,1-3H3,(H,26,27)/b14-9-. The van der Waals surface area contributed by atoms with Crippen LogP contribution in [-0.4, -0.2) is 45.7 Å². The lowest BCUT2D eigenvalue weighted by molar-refractivity contribution is -0.132. The van der Waals surface area contributed by atoms with Gasteiger partial charge >= 0.3 is 12.1 Å². The van der Waals surface area contributed by atoms with Gasteiger partial charge in [-0.05, 0) is 50.6 Å². The summed E-state index contributed by atoms with van der Waals surface area (Å²) >= 11 is 12.3. The van der Waals surface area contributed by atoms with Crippen molar-refractivity contribution < 1.29 is 19.4 Å². The largest absolute Gasteiger partial charge is 0.477 e. The molecule has 1 aromatic carbocycles. The van der Waals surface area contributed by atoms with Crippen LogP contribution in [0.2, 0.25) is 10.0 Å². The molecule has 0 fully saturated rings. The number of carboxylic acid groups (broad SMARTS) is 1. The molecule has 2 rings (SSSR count). The average molecular weight is 443 g/mol. The third-order valence-electron chi connectivity index (χ3n) is 4.01. The monoisotopic (exact) mass is 442 g/mol. The number of hydrogen-bond donors (Lipinski definition) is 3. The van der Waals surface area contributed by atoms with Crippen LogP contribution in [0.25, 0.3) is 0 Å². The minimum absolute atomic E-state index is 0.0350. The number of rotatable bonds is 4. The van der Waals surface area contributed by atoms with E-state index in [1.54, 1.807) is 43.9 Å². The Bertz CT molecular complexity index is 877. The summed E-state index contributed by atoms with van der Waals surface area (Å²) in [5.74, 6) is -1.27. The zero-order valence-corrected chi connectivity index (χ0v) is 17.9. The number of halogens is 2. The number of ether oxygens (including phenoxy) is 1. The van der Waals surface area contributed by atoms with E-state index in [2.05, 4.69) is 0 Å². The van der Waals surface area contributed by atoms with Crippen molar-refractivity contribution in [3.8, 4) is 0 Å². The van der Waals surface area contributed by atoms with E-state index in [0.29, 0.717) is 23.1 Å². The van der Waals surface area contributed by atoms with Gasteiger partial charge in [-0.15, -0.1) is 0 Å². The summed E-state index contributed by atoms with van der Waals surface area (Å²) in [6, 6.07) is 5.05. The molecule has 0 saturated carbocycles. The van der Waals surface area contributed by atoms with Crippen molar-refractivity contribution in [2.45, 2.75) is 32.9 Å². The van der Waals surface area contributed by atoms with Crippen LogP contribution in [0.3, 0.4) is 0 Å². The van der Waals surface area contributed by atoms with E-state index in [9.17, 15) is 9.59 Å². The molecule has 0 unspecified atom stereocenters. The third kappa shape index (κ3) is 5.95. The number of nitrogens with zero attached hydrogens (tertiary/aromatic N) is 2. The maximum absolute atomic E-state index is 12.5. The molecule has 1 aliphatic rings. The van der Waals surface area contributed by atoms with Gasteiger partial charge in [-0.1, -0.05) is 23.2 Å². The van der Waals surface area contributed by atoms with Crippen molar-refractivity contribution in [3.05, 3.63) is 57.1 Å². The number of nitrogens with two attached hydrogens (primary N) is 2. The summed E-state index contributed by atoms with van der Waals surface area (Å²) in [4.78, 5) is 26.8. The van der Waals surface area contributed by atoms with Crippen molar-refractivity contribution in [3.63, 3.8) is 0 Å². The first-order valence-corrected chi connectivity index (χ1v) is 9.54. The average Bonchev–Trinajstić information content (AvgIpc) is 2.59. The van der Waals surface area contributed by atoms with Crippen LogP contribution in [0.1, 0.15) is 26.3 Å². The Labute approximate surface area is 179 Å². The summed E-state index contributed by atoms with van der Waals surface area (Å²) in [5, 5.41) is 10.2. The molecule has 1 amide bonds. The first-order valence-electron chi connectivity index (χ1n) is 8.78. The van der Waals surface area contributed by atoms with Crippen LogP contribution in [0.4, 0.5) is 4.79 Å². The normalized spacial score (nSPS) is 15.6. The van der Waals surface area contributed by atoms with E-state index in [0.717, 1.165) is 5.56 Å². The Morgan fingerprint density at radius 1 is 1.28 bits per heavy atom. The molecule has 158 valence electrons. The number of carboxylic acids is 1. The van der Waals surface area contributed by atoms with Crippen LogP contribution in [0, 0.1) is 0 Å². The van der Waals surface area contributed by atoms with Gasteiger partial charge in [-0.2, -0.15) is 0 Å². The van der Waals surface area contributed by atoms with Crippen molar-refractivity contribution >= 4 is 35.3 Å². The molecule has 0 saturated heterocycles. The van der Waals surface area contributed by atoms with Crippen molar-refractivity contribution in [1.82, 2.24) is 9.80 Å². The zero-order chi connectivity index (χ0) is 21.9. The van der Waals surface area contributed by atoms with Gasteiger partial charge in [0.15, 0.2) is 0 Å². The Hall–Kier alpha value is -2.58. The molecule has 1 aromatic rings. The van der Waals surface area contributed by atoms with E-state index in [4.69, 9.17) is 44.5 Å². The lowest BCUT2D eigenvalue weighted by Crippen LogP contribution is -2.48. The zero-order valence-electron chi connectivity index (χ0n) is 16.4. The highest BCUT2D eigenvalue weighted by atomic mass is 35.5. The Balaban J connectivity index is 2.44. The SMILES string of the molecule is CC(C)(C)OC(=O)N1CCN(Cc2cc(Cl)ccc2Cl)C(/C=C(\N)C(=O)O)=C1N. The Kier molecular flexibility index (Phi) is 6.92. The molecular weight excluding hydrogens is 419 g/mol. The molecule has 0 aliphatic carbocycles. The number of benzene rings is 1. The molecule has 29 heavy (non-hydrogen) atoms. The Morgan fingerprint density at radius 3 is 2.52 bits per heavy atom. The second-order valence-corrected chi connectivity index (χ2v) is 8.31. The number of amides is 1. The summed E-state index contributed by atoms with van der Waals surface area (Å²) in [6.45, 7) is 6.11. The fraction of sp³-hybridized carbons (Fsp3) is 0.368. The predicted octanol–water partition coefficient (Wildman–Crippen LogP) is 3.10. The lowest BCUT2D eigenvalue weighted by atomic mass is 10.1. The summed E-state index contributed by atoms with van der Waals surface area (Å²) in [7, 11) is 0. The highest BCUT2D eigenvalue weighted by Gasteiger charge is 2.31. The van der Waals surface area contributed by atoms with Crippen LogP contribution < -0.4 is 11.5 Å². The molecule has 10 heteroatoms. The van der Waals surface area contributed by atoms with Gasteiger partial charge in [0.25, 0.3) is 0 Å². The van der Waals surface area contributed by atoms with Gasteiger partial charge in [0, 0.05) is 29.7 Å². The second-order valence-electron chi connectivity index (χ2n) is 7.46. The second kappa shape index (κ2) is 8.84. The first-order chi connectivity index (χ1) is 13.4. The van der Waals surface area contributed by atoms with Crippen LogP contribution in [0.5, 0.6) is 0 Å². The summed E-state index contributed by atoms with van der Waals surface area (Å²) < 4.78 is 5.38. The highest BCUT2D eigenvalue weighted by Crippen LogP contribution is 2.27. The number of aliphatic carboxylic acids is 1. The topological polar surface area (TPSA) is 122 Å². The molecular formula is C19H24Cl2N4O4. The maximum atomic E-state index is 12.5. The van der Waals surface area contributed by atoms with Crippen LogP contribution >= 0.6 is 23.2 Å². The molecule has 8 nitrogen and oxygen atoms in total. The van der Waals surface area contributed by atoms with Gasteiger partial charge in [0.05, 0.1) is 5.70 Å². The molecule has 0 aromatic heterocycles. The summed E-state index contributed by atoms with van der Waals surface area (Å²) in [5.41, 5.74) is 11.7.